The summed E-state index contributed by atoms with van der Waals surface area (Å²) in [6.45, 7) is 0.689. The molecular formula is C29H25BrFN3O3. The number of ether oxygens (including phenoxy) is 1. The first kappa shape index (κ1) is 25.9. The van der Waals surface area contributed by atoms with Gasteiger partial charge in [-0.3, -0.25) is 4.79 Å². The molecule has 0 aromatic heterocycles. The van der Waals surface area contributed by atoms with Crippen LogP contribution in [0.4, 0.5) is 20.6 Å². The van der Waals surface area contributed by atoms with Crippen molar-refractivity contribution in [1.29, 1.82) is 0 Å². The molecule has 0 aliphatic heterocycles. The summed E-state index contributed by atoms with van der Waals surface area (Å²) >= 11 is 3.37. The molecule has 4 rings (SSSR count). The topological polar surface area (TPSA) is 70.7 Å². The Hall–Kier alpha value is -4.17. The van der Waals surface area contributed by atoms with Crippen molar-refractivity contribution in [2.45, 2.75) is 6.42 Å². The highest BCUT2D eigenvalue weighted by atomic mass is 79.9. The standard InChI is InChI=1S/C29H25BrFN3O3/c30-22-6-4-7-24(20-22)33-29(36)32-18-5-19-34(28(35)21-10-12-23(31)13-11-21)25-14-16-27(17-15-25)37-26-8-2-1-3-9-26/h1-4,6-17,20H,5,18-19H2,(H2,32,33,36). The second kappa shape index (κ2) is 12.7. The lowest BCUT2D eigenvalue weighted by Gasteiger charge is -2.23. The van der Waals surface area contributed by atoms with Gasteiger partial charge in [0.05, 0.1) is 0 Å². The Morgan fingerprint density at radius 1 is 0.838 bits per heavy atom. The summed E-state index contributed by atoms with van der Waals surface area (Å²) < 4.78 is 20.1. The quantitative estimate of drug-likeness (QED) is 0.211. The third-order valence-corrected chi connectivity index (χ3v) is 5.88. The van der Waals surface area contributed by atoms with Gasteiger partial charge < -0.3 is 20.3 Å². The van der Waals surface area contributed by atoms with Crippen molar-refractivity contribution in [3.8, 4) is 11.5 Å². The van der Waals surface area contributed by atoms with Crippen LogP contribution in [0.5, 0.6) is 11.5 Å². The Kier molecular flexibility index (Phi) is 8.89. The number of carbonyl (C=O) groups excluding carboxylic acids is 2. The lowest BCUT2D eigenvalue weighted by atomic mass is 10.1. The molecule has 2 N–H and O–H groups in total. The minimum absolute atomic E-state index is 0.268. The van der Waals surface area contributed by atoms with Gasteiger partial charge in [-0.25, -0.2) is 9.18 Å². The molecule has 4 aromatic rings. The fourth-order valence-electron chi connectivity index (χ4n) is 3.60. The summed E-state index contributed by atoms with van der Waals surface area (Å²) in [6.07, 6.45) is 0.501. The molecule has 188 valence electrons. The second-order valence-electron chi connectivity index (χ2n) is 8.12. The van der Waals surface area contributed by atoms with E-state index in [4.69, 9.17) is 4.74 Å². The van der Waals surface area contributed by atoms with E-state index >= 15 is 0 Å². The monoisotopic (exact) mass is 561 g/mol. The van der Waals surface area contributed by atoms with Crippen LogP contribution in [0.2, 0.25) is 0 Å². The third-order valence-electron chi connectivity index (χ3n) is 5.39. The number of halogens is 2. The van der Waals surface area contributed by atoms with Gasteiger partial charge in [-0.05, 0) is 85.3 Å². The zero-order valence-corrected chi connectivity index (χ0v) is 21.5. The first-order chi connectivity index (χ1) is 18.0. The van der Waals surface area contributed by atoms with E-state index in [1.54, 1.807) is 41.3 Å². The molecule has 0 atom stereocenters. The van der Waals surface area contributed by atoms with E-state index < -0.39 is 5.82 Å². The number of amides is 3. The predicted octanol–water partition coefficient (Wildman–Crippen LogP) is 7.24. The molecule has 0 heterocycles. The van der Waals surface area contributed by atoms with Gasteiger partial charge >= 0.3 is 6.03 Å². The van der Waals surface area contributed by atoms with Crippen molar-refractivity contribution in [2.75, 3.05) is 23.3 Å². The van der Waals surface area contributed by atoms with Crippen molar-refractivity contribution in [1.82, 2.24) is 5.32 Å². The number of nitrogens with one attached hydrogen (secondary N) is 2. The minimum Gasteiger partial charge on any atom is -0.457 e. The molecule has 37 heavy (non-hydrogen) atoms. The smallest absolute Gasteiger partial charge is 0.319 e. The maximum Gasteiger partial charge on any atom is 0.319 e. The highest BCUT2D eigenvalue weighted by Gasteiger charge is 2.18. The van der Waals surface area contributed by atoms with Crippen molar-refractivity contribution < 1.29 is 18.7 Å². The maximum absolute atomic E-state index is 13.4. The van der Waals surface area contributed by atoms with Crippen molar-refractivity contribution in [3.63, 3.8) is 0 Å². The molecule has 0 saturated heterocycles. The van der Waals surface area contributed by atoms with Gasteiger partial charge in [0.25, 0.3) is 5.91 Å². The molecule has 0 unspecified atom stereocenters. The Morgan fingerprint density at radius 3 is 2.24 bits per heavy atom. The third kappa shape index (κ3) is 7.65. The summed E-state index contributed by atoms with van der Waals surface area (Å²) in [5.41, 5.74) is 1.69. The molecule has 3 amide bonds. The highest BCUT2D eigenvalue weighted by Crippen LogP contribution is 2.25. The Morgan fingerprint density at radius 2 is 1.54 bits per heavy atom. The average molecular weight is 562 g/mol. The van der Waals surface area contributed by atoms with Crippen LogP contribution in [0.3, 0.4) is 0 Å². The van der Waals surface area contributed by atoms with Crippen LogP contribution >= 0.6 is 15.9 Å². The van der Waals surface area contributed by atoms with Gasteiger partial charge in [-0.15, -0.1) is 0 Å². The largest absolute Gasteiger partial charge is 0.457 e. The fourth-order valence-corrected chi connectivity index (χ4v) is 3.99. The van der Waals surface area contributed by atoms with Gasteiger partial charge in [0.15, 0.2) is 0 Å². The normalized spacial score (nSPS) is 10.4. The molecular weight excluding hydrogens is 537 g/mol. The van der Waals surface area contributed by atoms with E-state index in [0.29, 0.717) is 47.9 Å². The lowest BCUT2D eigenvalue weighted by Crippen LogP contribution is -2.35. The van der Waals surface area contributed by atoms with Crippen molar-refractivity contribution >= 4 is 39.2 Å². The fraction of sp³-hybridized carbons (Fsp3) is 0.103. The van der Waals surface area contributed by atoms with Gasteiger partial charge in [0.2, 0.25) is 0 Å². The molecule has 8 heteroatoms. The summed E-state index contributed by atoms with van der Waals surface area (Å²) in [4.78, 5) is 27.2. The number of hydrogen-bond acceptors (Lipinski definition) is 3. The number of urea groups is 1. The Bertz CT molecular complexity index is 1330. The average Bonchev–Trinajstić information content (AvgIpc) is 2.90. The van der Waals surface area contributed by atoms with Gasteiger partial charge in [-0.2, -0.15) is 0 Å². The van der Waals surface area contributed by atoms with Crippen LogP contribution in [-0.2, 0) is 0 Å². The minimum atomic E-state index is -0.411. The molecule has 0 spiro atoms. The summed E-state index contributed by atoms with van der Waals surface area (Å²) in [7, 11) is 0. The number of benzene rings is 4. The number of rotatable bonds is 9. The number of para-hydroxylation sites is 1. The second-order valence-corrected chi connectivity index (χ2v) is 9.03. The summed E-state index contributed by atoms with van der Waals surface area (Å²) in [5.74, 6) is 0.665. The van der Waals surface area contributed by atoms with E-state index in [2.05, 4.69) is 26.6 Å². The van der Waals surface area contributed by atoms with Gasteiger partial charge in [0, 0.05) is 34.5 Å². The van der Waals surface area contributed by atoms with E-state index in [1.807, 2.05) is 42.5 Å². The van der Waals surface area contributed by atoms with Crippen LogP contribution in [0, 0.1) is 5.82 Å². The van der Waals surface area contributed by atoms with Gasteiger partial charge in [0.1, 0.15) is 17.3 Å². The number of nitrogens with zero attached hydrogens (tertiary/aromatic N) is 1. The number of hydrogen-bond donors (Lipinski definition) is 2. The first-order valence-corrected chi connectivity index (χ1v) is 12.5. The van der Waals surface area contributed by atoms with Crippen LogP contribution in [0.15, 0.2) is 108 Å². The van der Waals surface area contributed by atoms with Crippen LogP contribution < -0.4 is 20.3 Å². The Balaban J connectivity index is 1.41. The summed E-state index contributed by atoms with van der Waals surface area (Å²) in [5, 5.41) is 5.58. The van der Waals surface area contributed by atoms with Gasteiger partial charge in [-0.1, -0.05) is 40.2 Å². The molecule has 4 aromatic carbocycles. The van der Waals surface area contributed by atoms with E-state index in [-0.39, 0.29) is 11.9 Å². The molecule has 0 saturated carbocycles. The first-order valence-electron chi connectivity index (χ1n) is 11.7. The molecule has 0 aliphatic rings. The molecule has 0 bridgehead atoms. The van der Waals surface area contributed by atoms with Crippen molar-refractivity contribution in [3.05, 3.63) is 119 Å². The van der Waals surface area contributed by atoms with E-state index in [1.165, 1.54) is 24.3 Å². The van der Waals surface area contributed by atoms with E-state index in [9.17, 15) is 14.0 Å². The van der Waals surface area contributed by atoms with E-state index in [0.717, 1.165) is 4.47 Å². The molecule has 0 fully saturated rings. The SMILES string of the molecule is O=C(NCCCN(C(=O)c1ccc(F)cc1)c1ccc(Oc2ccccc2)cc1)Nc1cccc(Br)c1. The Labute approximate surface area is 223 Å². The van der Waals surface area contributed by atoms with Crippen LogP contribution in [-0.4, -0.2) is 25.0 Å². The van der Waals surface area contributed by atoms with Crippen molar-refractivity contribution in [2.24, 2.45) is 0 Å². The van der Waals surface area contributed by atoms with Crippen LogP contribution in [0.25, 0.3) is 0 Å². The molecule has 6 nitrogen and oxygen atoms in total. The molecule has 0 radical (unpaired) electrons. The zero-order valence-electron chi connectivity index (χ0n) is 19.9. The highest BCUT2D eigenvalue weighted by molar-refractivity contribution is 9.10. The summed E-state index contributed by atoms with van der Waals surface area (Å²) in [6, 6.07) is 29.0. The maximum atomic E-state index is 13.4. The number of carbonyl (C=O) groups is 2. The van der Waals surface area contributed by atoms with Crippen LogP contribution in [0.1, 0.15) is 16.8 Å². The lowest BCUT2D eigenvalue weighted by molar-refractivity contribution is 0.0986. The molecule has 0 aliphatic carbocycles. The zero-order chi connectivity index (χ0) is 26.0. The number of anilines is 2. The predicted molar refractivity (Wildman–Crippen MR) is 147 cm³/mol.